The minimum Gasteiger partial charge on any atom is -0.505 e. The molecular formula is C12H10N2O4S. The fourth-order valence-corrected chi connectivity index (χ4v) is 2.03. The Morgan fingerprint density at radius 1 is 1.16 bits per heavy atom. The molecule has 2 aromatic rings. The molecule has 0 spiro atoms. The van der Waals surface area contributed by atoms with E-state index in [4.69, 9.17) is 5.11 Å². The lowest BCUT2D eigenvalue weighted by Gasteiger charge is -2.09. The molecule has 0 aliphatic heterocycles. The third-order valence-corrected chi connectivity index (χ3v) is 2.98. The zero-order valence-electron chi connectivity index (χ0n) is 9.58. The van der Waals surface area contributed by atoms with E-state index in [9.17, 15) is 14.7 Å². The van der Waals surface area contributed by atoms with Crippen molar-refractivity contribution in [2.45, 2.75) is 0 Å². The van der Waals surface area contributed by atoms with E-state index >= 15 is 0 Å². The Morgan fingerprint density at radius 3 is 2.58 bits per heavy atom. The summed E-state index contributed by atoms with van der Waals surface area (Å²) in [5, 5.41) is 27.0. The van der Waals surface area contributed by atoms with Gasteiger partial charge in [-0.25, -0.2) is 9.59 Å². The van der Waals surface area contributed by atoms with E-state index in [1.165, 1.54) is 29.5 Å². The predicted molar refractivity (Wildman–Crippen MR) is 72.0 cm³/mol. The molecule has 0 radical (unpaired) electrons. The van der Waals surface area contributed by atoms with Crippen molar-refractivity contribution in [1.82, 2.24) is 0 Å². The summed E-state index contributed by atoms with van der Waals surface area (Å²) in [6.07, 6.45) is 0. The first-order valence-corrected chi connectivity index (χ1v) is 6.17. The third kappa shape index (κ3) is 3.02. The van der Waals surface area contributed by atoms with Gasteiger partial charge in [-0.2, -0.15) is 11.3 Å². The number of anilines is 2. The van der Waals surface area contributed by atoms with Gasteiger partial charge in [-0.1, -0.05) is 6.07 Å². The molecule has 0 unspecified atom stereocenters. The molecule has 4 N–H and O–H groups in total. The van der Waals surface area contributed by atoms with E-state index in [0.29, 0.717) is 5.69 Å². The number of nitrogens with one attached hydrogen (secondary N) is 2. The third-order valence-electron chi connectivity index (χ3n) is 2.29. The molecule has 0 aliphatic rings. The molecule has 1 heterocycles. The molecular weight excluding hydrogens is 268 g/mol. The van der Waals surface area contributed by atoms with Gasteiger partial charge < -0.3 is 20.8 Å². The SMILES string of the molecule is O=C(Nc1ccsc1)Nc1cccc(C(=O)O)c1O. The molecule has 0 bridgehead atoms. The lowest BCUT2D eigenvalue weighted by Crippen LogP contribution is -2.19. The number of aromatic hydroxyl groups is 1. The number of amides is 2. The number of hydrogen-bond donors (Lipinski definition) is 4. The van der Waals surface area contributed by atoms with E-state index in [1.54, 1.807) is 16.8 Å². The minimum atomic E-state index is -1.26. The van der Waals surface area contributed by atoms with Crippen molar-refractivity contribution in [1.29, 1.82) is 0 Å². The van der Waals surface area contributed by atoms with Crippen LogP contribution in [0.3, 0.4) is 0 Å². The van der Waals surface area contributed by atoms with Crippen LogP contribution >= 0.6 is 11.3 Å². The number of carboxylic acid groups (broad SMARTS) is 1. The number of thiophene rings is 1. The van der Waals surface area contributed by atoms with Crippen molar-refractivity contribution in [3.05, 3.63) is 40.6 Å². The van der Waals surface area contributed by atoms with Gasteiger partial charge in [0, 0.05) is 5.38 Å². The Labute approximate surface area is 112 Å². The summed E-state index contributed by atoms with van der Waals surface area (Å²) in [5.41, 5.74) is 0.386. The number of carboxylic acids is 1. The number of benzene rings is 1. The van der Waals surface area contributed by atoms with Gasteiger partial charge in [0.15, 0.2) is 5.75 Å². The lowest BCUT2D eigenvalue weighted by molar-refractivity contribution is 0.0694. The fourth-order valence-electron chi connectivity index (χ4n) is 1.44. The molecule has 1 aromatic heterocycles. The molecule has 0 atom stereocenters. The molecule has 0 saturated heterocycles. The van der Waals surface area contributed by atoms with Crippen LogP contribution in [0.25, 0.3) is 0 Å². The summed E-state index contributed by atoms with van der Waals surface area (Å²) in [6, 6.07) is 5.26. The topological polar surface area (TPSA) is 98.7 Å². The van der Waals surface area contributed by atoms with Crippen molar-refractivity contribution in [3.63, 3.8) is 0 Å². The molecule has 1 aromatic carbocycles. The highest BCUT2D eigenvalue weighted by Gasteiger charge is 2.14. The summed E-state index contributed by atoms with van der Waals surface area (Å²) in [6.45, 7) is 0. The molecule has 98 valence electrons. The Kier molecular flexibility index (Phi) is 3.67. The van der Waals surface area contributed by atoms with Crippen LogP contribution in [0.15, 0.2) is 35.0 Å². The van der Waals surface area contributed by atoms with Gasteiger partial charge >= 0.3 is 12.0 Å². The molecule has 2 amide bonds. The first kappa shape index (κ1) is 12.9. The number of para-hydroxylation sites is 1. The zero-order chi connectivity index (χ0) is 13.8. The summed E-state index contributed by atoms with van der Waals surface area (Å²) in [7, 11) is 0. The van der Waals surface area contributed by atoms with Crippen LogP contribution in [0.1, 0.15) is 10.4 Å². The molecule has 0 aliphatic carbocycles. The average molecular weight is 278 g/mol. The van der Waals surface area contributed by atoms with Crippen LogP contribution in [0.4, 0.5) is 16.2 Å². The summed E-state index contributed by atoms with van der Waals surface area (Å²) in [5.74, 6) is -1.74. The maximum atomic E-state index is 11.6. The zero-order valence-corrected chi connectivity index (χ0v) is 10.4. The molecule has 6 nitrogen and oxygen atoms in total. The second kappa shape index (κ2) is 5.40. The van der Waals surface area contributed by atoms with Gasteiger partial charge in [0.25, 0.3) is 0 Å². The highest BCUT2D eigenvalue weighted by Crippen LogP contribution is 2.27. The Morgan fingerprint density at radius 2 is 1.95 bits per heavy atom. The molecule has 7 heteroatoms. The van der Waals surface area contributed by atoms with E-state index < -0.39 is 17.7 Å². The number of carbonyl (C=O) groups is 2. The predicted octanol–water partition coefficient (Wildman–Crippen LogP) is 2.80. The van der Waals surface area contributed by atoms with Crippen LogP contribution in [-0.4, -0.2) is 22.2 Å². The van der Waals surface area contributed by atoms with Gasteiger partial charge in [-0.15, -0.1) is 0 Å². The van der Waals surface area contributed by atoms with E-state index in [2.05, 4.69) is 10.6 Å². The average Bonchev–Trinajstić information content (AvgIpc) is 2.84. The van der Waals surface area contributed by atoms with Crippen molar-refractivity contribution in [2.24, 2.45) is 0 Å². The molecule has 19 heavy (non-hydrogen) atoms. The van der Waals surface area contributed by atoms with Crippen LogP contribution in [0, 0.1) is 0 Å². The largest absolute Gasteiger partial charge is 0.505 e. The van der Waals surface area contributed by atoms with Crippen LogP contribution in [0.2, 0.25) is 0 Å². The van der Waals surface area contributed by atoms with E-state index in [-0.39, 0.29) is 11.3 Å². The monoisotopic (exact) mass is 278 g/mol. The van der Waals surface area contributed by atoms with Crippen molar-refractivity contribution >= 4 is 34.7 Å². The molecule has 2 rings (SSSR count). The molecule has 0 fully saturated rings. The standard InChI is InChI=1S/C12H10N2O4S/c15-10-8(11(16)17)2-1-3-9(10)14-12(18)13-7-4-5-19-6-7/h1-6,15H,(H,16,17)(H2,13,14,18). The van der Waals surface area contributed by atoms with Crippen molar-refractivity contribution in [3.8, 4) is 5.75 Å². The summed E-state index contributed by atoms with van der Waals surface area (Å²) >= 11 is 1.43. The Hall–Kier alpha value is -2.54. The van der Waals surface area contributed by atoms with Crippen LogP contribution in [0.5, 0.6) is 5.75 Å². The van der Waals surface area contributed by atoms with Gasteiger partial charge in [-0.05, 0) is 23.6 Å². The van der Waals surface area contributed by atoms with Crippen molar-refractivity contribution < 1.29 is 19.8 Å². The number of hydrogen-bond acceptors (Lipinski definition) is 4. The Balaban J connectivity index is 2.13. The fraction of sp³-hybridized carbons (Fsp3) is 0. The Bertz CT molecular complexity index is 610. The lowest BCUT2D eigenvalue weighted by atomic mass is 10.2. The number of rotatable bonds is 3. The highest BCUT2D eigenvalue weighted by atomic mass is 32.1. The van der Waals surface area contributed by atoms with Crippen molar-refractivity contribution in [2.75, 3.05) is 10.6 Å². The summed E-state index contributed by atoms with van der Waals surface area (Å²) in [4.78, 5) is 22.5. The number of aromatic carboxylic acids is 1. The van der Waals surface area contributed by atoms with E-state index in [0.717, 1.165) is 0 Å². The van der Waals surface area contributed by atoms with Crippen LogP contribution in [-0.2, 0) is 0 Å². The summed E-state index contributed by atoms with van der Waals surface area (Å²) < 4.78 is 0. The quantitative estimate of drug-likeness (QED) is 0.649. The molecule has 0 saturated carbocycles. The van der Waals surface area contributed by atoms with E-state index in [1.807, 2.05) is 0 Å². The van der Waals surface area contributed by atoms with Crippen LogP contribution < -0.4 is 10.6 Å². The maximum absolute atomic E-state index is 11.6. The highest BCUT2D eigenvalue weighted by molar-refractivity contribution is 7.08. The normalized spacial score (nSPS) is 9.89. The first-order valence-electron chi connectivity index (χ1n) is 5.23. The first-order chi connectivity index (χ1) is 9.08. The maximum Gasteiger partial charge on any atom is 0.339 e. The smallest absolute Gasteiger partial charge is 0.339 e. The number of carbonyl (C=O) groups excluding carboxylic acids is 1. The second-order valence-corrected chi connectivity index (χ2v) is 4.38. The van der Waals surface area contributed by atoms with Gasteiger partial charge in [0.05, 0.1) is 11.4 Å². The van der Waals surface area contributed by atoms with Gasteiger partial charge in [-0.3, -0.25) is 0 Å². The van der Waals surface area contributed by atoms with Gasteiger partial charge in [0.2, 0.25) is 0 Å². The number of urea groups is 1. The van der Waals surface area contributed by atoms with Gasteiger partial charge in [0.1, 0.15) is 5.56 Å². The minimum absolute atomic E-state index is 0.0348. The second-order valence-electron chi connectivity index (χ2n) is 3.60. The number of phenols is 1.